The Bertz CT molecular complexity index is 465. The van der Waals surface area contributed by atoms with Crippen LogP contribution in [0.1, 0.15) is 32.1 Å². The van der Waals surface area contributed by atoms with Crippen molar-refractivity contribution in [3.63, 3.8) is 0 Å². The first-order valence-corrected chi connectivity index (χ1v) is 9.42. The van der Waals surface area contributed by atoms with Gasteiger partial charge in [-0.1, -0.05) is 23.1 Å². The molecule has 2 saturated carbocycles. The van der Waals surface area contributed by atoms with E-state index in [2.05, 4.69) is 15.1 Å². The molecule has 1 aromatic heterocycles. The molecule has 20 heavy (non-hydrogen) atoms. The summed E-state index contributed by atoms with van der Waals surface area (Å²) >= 11 is 3.70. The third kappa shape index (κ3) is 2.57. The van der Waals surface area contributed by atoms with Crippen LogP contribution in [0.4, 0.5) is 5.13 Å². The molecular weight excluding hydrogens is 290 g/mol. The van der Waals surface area contributed by atoms with Crippen LogP contribution in [0.5, 0.6) is 0 Å². The van der Waals surface area contributed by atoms with Gasteiger partial charge < -0.3 is 9.64 Å². The molecule has 6 heteroatoms. The van der Waals surface area contributed by atoms with Crippen LogP contribution in [0.2, 0.25) is 0 Å². The van der Waals surface area contributed by atoms with Crippen LogP contribution in [0.3, 0.4) is 0 Å². The van der Waals surface area contributed by atoms with E-state index in [1.165, 1.54) is 37.9 Å². The van der Waals surface area contributed by atoms with Crippen LogP contribution in [-0.4, -0.2) is 42.3 Å². The molecule has 0 amide bonds. The minimum absolute atomic E-state index is 0.639. The molecule has 2 heterocycles. The highest BCUT2D eigenvalue weighted by Crippen LogP contribution is 2.56. The van der Waals surface area contributed by atoms with E-state index < -0.39 is 0 Å². The highest BCUT2D eigenvalue weighted by Gasteiger charge is 2.44. The molecule has 1 aliphatic heterocycles. The zero-order valence-electron chi connectivity index (χ0n) is 11.7. The molecule has 1 aromatic rings. The topological polar surface area (TPSA) is 38.2 Å². The average molecular weight is 311 g/mol. The minimum Gasteiger partial charge on any atom is -0.378 e. The molecule has 0 atom stereocenters. The molecule has 0 radical (unpaired) electrons. The molecular formula is C14H21N3OS2. The molecule has 4 nitrogen and oxygen atoms in total. The Balaban J connectivity index is 1.36. The number of aromatic nitrogens is 2. The number of rotatable bonds is 4. The predicted molar refractivity (Wildman–Crippen MR) is 82.7 cm³/mol. The third-order valence-electron chi connectivity index (χ3n) is 5.07. The van der Waals surface area contributed by atoms with Gasteiger partial charge in [0.15, 0.2) is 4.34 Å². The van der Waals surface area contributed by atoms with Gasteiger partial charge in [-0.05, 0) is 43.4 Å². The summed E-state index contributed by atoms with van der Waals surface area (Å²) in [6.45, 7) is 3.52. The van der Waals surface area contributed by atoms with Gasteiger partial charge in [-0.25, -0.2) is 0 Å². The Morgan fingerprint density at radius 3 is 2.75 bits per heavy atom. The van der Waals surface area contributed by atoms with Gasteiger partial charge in [-0.15, -0.1) is 10.2 Å². The second-order valence-electron chi connectivity index (χ2n) is 6.39. The van der Waals surface area contributed by atoms with Gasteiger partial charge in [0.2, 0.25) is 5.13 Å². The van der Waals surface area contributed by atoms with E-state index in [1.54, 1.807) is 11.3 Å². The largest absolute Gasteiger partial charge is 0.378 e. The normalized spacial score (nSPS) is 33.0. The number of thioether (sulfide) groups is 1. The molecule has 110 valence electrons. The van der Waals surface area contributed by atoms with E-state index in [1.807, 2.05) is 11.8 Å². The minimum atomic E-state index is 0.639. The third-order valence-corrected chi connectivity index (χ3v) is 7.53. The van der Waals surface area contributed by atoms with E-state index in [-0.39, 0.29) is 0 Å². The molecule has 3 aliphatic rings. The summed E-state index contributed by atoms with van der Waals surface area (Å²) in [6.07, 6.45) is 7.29. The molecule has 3 fully saturated rings. The summed E-state index contributed by atoms with van der Waals surface area (Å²) in [5, 5.41) is 9.82. The fraction of sp³-hybridized carbons (Fsp3) is 0.857. The molecule has 0 aromatic carbocycles. The van der Waals surface area contributed by atoms with Crippen LogP contribution in [0.15, 0.2) is 4.34 Å². The van der Waals surface area contributed by atoms with Gasteiger partial charge in [0.25, 0.3) is 0 Å². The van der Waals surface area contributed by atoms with Crippen LogP contribution < -0.4 is 4.90 Å². The van der Waals surface area contributed by atoms with Crippen molar-refractivity contribution < 1.29 is 4.74 Å². The zero-order chi connectivity index (χ0) is 13.4. The van der Waals surface area contributed by atoms with E-state index in [9.17, 15) is 0 Å². The lowest BCUT2D eigenvalue weighted by Gasteiger charge is -2.25. The van der Waals surface area contributed by atoms with Crippen molar-refractivity contribution in [3.05, 3.63) is 0 Å². The summed E-state index contributed by atoms with van der Waals surface area (Å²) in [6, 6.07) is 0. The van der Waals surface area contributed by atoms with Crippen molar-refractivity contribution in [1.82, 2.24) is 10.2 Å². The molecule has 2 bridgehead atoms. The number of fused-ring (bicyclic) bond motifs is 2. The van der Waals surface area contributed by atoms with Gasteiger partial charge in [-0.2, -0.15) is 0 Å². The number of hydrogen-bond acceptors (Lipinski definition) is 6. The van der Waals surface area contributed by atoms with Crippen LogP contribution in [0, 0.1) is 11.3 Å². The number of nitrogens with zero attached hydrogens (tertiary/aromatic N) is 3. The van der Waals surface area contributed by atoms with E-state index >= 15 is 0 Å². The average Bonchev–Trinajstić information content (AvgIpc) is 3.22. The summed E-state index contributed by atoms with van der Waals surface area (Å²) in [4.78, 5) is 2.30. The van der Waals surface area contributed by atoms with Crippen molar-refractivity contribution in [1.29, 1.82) is 0 Å². The fourth-order valence-electron chi connectivity index (χ4n) is 3.87. The standard InChI is InChI=1S/C14H21N3OS2/c1-3-14(4-2-11(1)9-14)10-19-13-16-15-12(20-13)17-5-7-18-8-6-17/h11H,1-10H2. The Hall–Kier alpha value is -0.330. The van der Waals surface area contributed by atoms with E-state index in [0.29, 0.717) is 5.41 Å². The Kier molecular flexibility index (Phi) is 3.64. The van der Waals surface area contributed by atoms with Crippen molar-refractivity contribution in [2.24, 2.45) is 11.3 Å². The summed E-state index contributed by atoms with van der Waals surface area (Å²) in [7, 11) is 0. The molecule has 0 spiro atoms. The first-order valence-electron chi connectivity index (χ1n) is 7.62. The lowest BCUT2D eigenvalue weighted by atomic mass is 9.87. The lowest BCUT2D eigenvalue weighted by Crippen LogP contribution is -2.36. The van der Waals surface area contributed by atoms with Gasteiger partial charge >= 0.3 is 0 Å². The molecule has 4 rings (SSSR count). The second kappa shape index (κ2) is 5.46. The molecule has 0 N–H and O–H groups in total. The van der Waals surface area contributed by atoms with E-state index in [0.717, 1.165) is 41.7 Å². The van der Waals surface area contributed by atoms with Gasteiger partial charge in [0.1, 0.15) is 0 Å². The smallest absolute Gasteiger partial charge is 0.209 e. The lowest BCUT2D eigenvalue weighted by molar-refractivity contribution is 0.122. The highest BCUT2D eigenvalue weighted by molar-refractivity contribution is 8.01. The van der Waals surface area contributed by atoms with E-state index in [4.69, 9.17) is 4.74 Å². The van der Waals surface area contributed by atoms with Crippen molar-refractivity contribution in [2.45, 2.75) is 36.4 Å². The highest BCUT2D eigenvalue weighted by atomic mass is 32.2. The maximum absolute atomic E-state index is 5.38. The maximum atomic E-state index is 5.38. The van der Waals surface area contributed by atoms with Gasteiger partial charge in [0.05, 0.1) is 13.2 Å². The van der Waals surface area contributed by atoms with Crippen molar-refractivity contribution >= 4 is 28.2 Å². The van der Waals surface area contributed by atoms with Crippen LogP contribution in [-0.2, 0) is 4.74 Å². The molecule has 0 unspecified atom stereocenters. The fourth-order valence-corrected chi connectivity index (χ4v) is 6.07. The van der Waals surface area contributed by atoms with Crippen molar-refractivity contribution in [2.75, 3.05) is 37.0 Å². The SMILES string of the molecule is C1CN(c2nnc(SCC34CCC(CC3)C4)s2)CCO1. The first kappa shape index (κ1) is 13.3. The number of ether oxygens (including phenoxy) is 1. The van der Waals surface area contributed by atoms with Gasteiger partial charge in [0, 0.05) is 18.8 Å². The summed E-state index contributed by atoms with van der Waals surface area (Å²) in [5.74, 6) is 2.29. The van der Waals surface area contributed by atoms with Gasteiger partial charge in [-0.3, -0.25) is 0 Å². The Labute approximate surface area is 128 Å². The number of morpholine rings is 1. The monoisotopic (exact) mass is 311 g/mol. The van der Waals surface area contributed by atoms with Crippen LogP contribution >= 0.6 is 23.1 Å². The Morgan fingerprint density at radius 1 is 1.25 bits per heavy atom. The predicted octanol–water partition coefficient (Wildman–Crippen LogP) is 3.05. The van der Waals surface area contributed by atoms with Crippen molar-refractivity contribution in [3.8, 4) is 0 Å². The number of anilines is 1. The van der Waals surface area contributed by atoms with Crippen LogP contribution in [0.25, 0.3) is 0 Å². The zero-order valence-corrected chi connectivity index (χ0v) is 13.3. The molecule has 2 aliphatic carbocycles. The maximum Gasteiger partial charge on any atom is 0.209 e. The summed E-state index contributed by atoms with van der Waals surface area (Å²) in [5.41, 5.74) is 0.639. The second-order valence-corrected chi connectivity index (χ2v) is 8.56. The summed E-state index contributed by atoms with van der Waals surface area (Å²) < 4.78 is 6.53. The number of hydrogen-bond donors (Lipinski definition) is 0. The Morgan fingerprint density at radius 2 is 2.05 bits per heavy atom. The molecule has 1 saturated heterocycles. The quantitative estimate of drug-likeness (QED) is 0.799. The first-order chi connectivity index (χ1) is 9.83.